The van der Waals surface area contributed by atoms with Gasteiger partial charge in [0, 0.05) is 6.54 Å². The molecule has 1 aliphatic heterocycles. The molecule has 1 atom stereocenters. The highest BCUT2D eigenvalue weighted by Crippen LogP contribution is 2.21. The Labute approximate surface area is 114 Å². The summed E-state index contributed by atoms with van der Waals surface area (Å²) in [4.78, 5) is 25.8. The highest BCUT2D eigenvalue weighted by Gasteiger charge is 2.43. The van der Waals surface area contributed by atoms with Crippen LogP contribution in [0.5, 0.6) is 0 Å². The summed E-state index contributed by atoms with van der Waals surface area (Å²) < 4.78 is 5.78. The minimum atomic E-state index is -0.809. The molecule has 2 aliphatic rings. The Morgan fingerprint density at radius 1 is 1.32 bits per heavy atom. The van der Waals surface area contributed by atoms with Crippen LogP contribution in [0.1, 0.15) is 46.5 Å². The van der Waals surface area contributed by atoms with Gasteiger partial charge in [-0.15, -0.1) is 0 Å². The van der Waals surface area contributed by atoms with Crippen LogP contribution in [0.4, 0.5) is 0 Å². The van der Waals surface area contributed by atoms with Crippen molar-refractivity contribution in [2.75, 3.05) is 13.2 Å². The second kappa shape index (κ2) is 5.49. The second-order valence-electron chi connectivity index (χ2n) is 6.07. The highest BCUT2D eigenvalue weighted by atomic mass is 16.5. The van der Waals surface area contributed by atoms with Gasteiger partial charge in [-0.05, 0) is 33.6 Å². The van der Waals surface area contributed by atoms with E-state index in [1.54, 1.807) is 25.7 Å². The average molecular weight is 268 g/mol. The molecule has 1 saturated carbocycles. The van der Waals surface area contributed by atoms with E-state index in [9.17, 15) is 9.59 Å². The van der Waals surface area contributed by atoms with E-state index >= 15 is 0 Å². The van der Waals surface area contributed by atoms with Crippen molar-refractivity contribution in [3.63, 3.8) is 0 Å². The molecule has 0 aromatic heterocycles. The molecule has 2 rings (SSSR count). The molecule has 2 amide bonds. The predicted molar refractivity (Wildman–Crippen MR) is 71.6 cm³/mol. The number of hydrogen-bond acceptors (Lipinski definition) is 3. The fourth-order valence-electron chi connectivity index (χ4n) is 2.81. The fraction of sp³-hybridized carbons (Fsp3) is 0.857. The SMILES string of the molecule is CC1C(=O)NC(C)(C)C(=O)N1CCOC1CCCC1. The largest absolute Gasteiger partial charge is 0.376 e. The summed E-state index contributed by atoms with van der Waals surface area (Å²) >= 11 is 0. The van der Waals surface area contributed by atoms with Crippen LogP contribution in [0.15, 0.2) is 0 Å². The van der Waals surface area contributed by atoms with E-state index in [2.05, 4.69) is 5.32 Å². The first-order valence-corrected chi connectivity index (χ1v) is 7.16. The molecule has 1 aliphatic carbocycles. The van der Waals surface area contributed by atoms with E-state index in [1.165, 1.54) is 12.8 Å². The Balaban J connectivity index is 1.89. The van der Waals surface area contributed by atoms with Gasteiger partial charge in [0.05, 0.1) is 12.7 Å². The summed E-state index contributed by atoms with van der Waals surface area (Å²) in [5.41, 5.74) is -0.809. The first kappa shape index (κ1) is 14.3. The molecule has 19 heavy (non-hydrogen) atoms. The summed E-state index contributed by atoms with van der Waals surface area (Å²) in [5.74, 6) is -0.125. The maximum atomic E-state index is 12.3. The quantitative estimate of drug-likeness (QED) is 0.829. The third-order valence-corrected chi connectivity index (χ3v) is 4.07. The van der Waals surface area contributed by atoms with Gasteiger partial charge in [-0.1, -0.05) is 12.8 Å². The van der Waals surface area contributed by atoms with Crippen LogP contribution in [-0.4, -0.2) is 47.6 Å². The molecule has 0 radical (unpaired) electrons. The van der Waals surface area contributed by atoms with Gasteiger partial charge in [-0.25, -0.2) is 0 Å². The van der Waals surface area contributed by atoms with E-state index in [1.807, 2.05) is 0 Å². The van der Waals surface area contributed by atoms with E-state index in [-0.39, 0.29) is 11.8 Å². The van der Waals surface area contributed by atoms with Crippen molar-refractivity contribution in [1.29, 1.82) is 0 Å². The Hall–Kier alpha value is -1.10. The molecule has 0 aromatic rings. The van der Waals surface area contributed by atoms with Gasteiger partial charge >= 0.3 is 0 Å². The Morgan fingerprint density at radius 3 is 2.58 bits per heavy atom. The second-order valence-corrected chi connectivity index (χ2v) is 6.07. The minimum absolute atomic E-state index is 0.0328. The lowest BCUT2D eigenvalue weighted by molar-refractivity contribution is -0.153. The Morgan fingerprint density at radius 2 is 1.95 bits per heavy atom. The zero-order valence-corrected chi connectivity index (χ0v) is 12.1. The highest BCUT2D eigenvalue weighted by molar-refractivity contribution is 5.99. The number of rotatable bonds is 4. The van der Waals surface area contributed by atoms with Gasteiger partial charge < -0.3 is 15.0 Å². The van der Waals surface area contributed by atoms with E-state index < -0.39 is 11.6 Å². The van der Waals surface area contributed by atoms with Crippen LogP contribution in [0.2, 0.25) is 0 Å². The van der Waals surface area contributed by atoms with Gasteiger partial charge in [0.2, 0.25) is 11.8 Å². The third-order valence-electron chi connectivity index (χ3n) is 4.07. The molecular weight excluding hydrogens is 244 g/mol. The number of piperazine rings is 1. The average Bonchev–Trinajstić information content (AvgIpc) is 2.84. The number of carbonyl (C=O) groups excluding carboxylic acids is 2. The molecule has 1 unspecified atom stereocenters. The topological polar surface area (TPSA) is 58.6 Å². The Bertz CT molecular complexity index is 362. The molecule has 108 valence electrons. The van der Waals surface area contributed by atoms with Crippen molar-refractivity contribution < 1.29 is 14.3 Å². The van der Waals surface area contributed by atoms with Gasteiger partial charge in [-0.3, -0.25) is 9.59 Å². The molecule has 5 heteroatoms. The molecule has 1 heterocycles. The molecular formula is C14H24N2O3. The smallest absolute Gasteiger partial charge is 0.248 e. The van der Waals surface area contributed by atoms with E-state index in [4.69, 9.17) is 4.74 Å². The third kappa shape index (κ3) is 3.08. The van der Waals surface area contributed by atoms with Crippen LogP contribution < -0.4 is 5.32 Å². The summed E-state index contributed by atoms with van der Waals surface area (Å²) in [5, 5.41) is 2.75. The van der Waals surface area contributed by atoms with Gasteiger partial charge in [0.25, 0.3) is 0 Å². The number of nitrogens with zero attached hydrogens (tertiary/aromatic N) is 1. The van der Waals surface area contributed by atoms with Gasteiger partial charge in [-0.2, -0.15) is 0 Å². The van der Waals surface area contributed by atoms with Gasteiger partial charge in [0.1, 0.15) is 11.6 Å². The summed E-state index contributed by atoms with van der Waals surface area (Å²) in [6, 6.07) is -0.410. The zero-order chi connectivity index (χ0) is 14.0. The molecule has 1 N–H and O–H groups in total. The van der Waals surface area contributed by atoms with Crippen molar-refractivity contribution >= 4 is 11.8 Å². The maximum Gasteiger partial charge on any atom is 0.248 e. The number of nitrogens with one attached hydrogen (secondary N) is 1. The van der Waals surface area contributed by atoms with Crippen molar-refractivity contribution in [3.05, 3.63) is 0 Å². The van der Waals surface area contributed by atoms with Gasteiger partial charge in [0.15, 0.2) is 0 Å². The van der Waals surface area contributed by atoms with Crippen molar-refractivity contribution in [1.82, 2.24) is 10.2 Å². The summed E-state index contributed by atoms with van der Waals surface area (Å²) in [7, 11) is 0. The molecule has 0 bridgehead atoms. The molecule has 5 nitrogen and oxygen atoms in total. The zero-order valence-electron chi connectivity index (χ0n) is 12.1. The molecule has 0 spiro atoms. The standard InChI is InChI=1S/C14H24N2O3/c1-10-12(17)15-14(2,3)13(18)16(10)8-9-19-11-6-4-5-7-11/h10-11H,4-9H2,1-3H3,(H,15,17). The monoisotopic (exact) mass is 268 g/mol. The first-order valence-electron chi connectivity index (χ1n) is 7.16. The number of carbonyl (C=O) groups is 2. The lowest BCUT2D eigenvalue weighted by Gasteiger charge is -2.41. The van der Waals surface area contributed by atoms with Crippen molar-refractivity contribution in [2.45, 2.75) is 64.1 Å². The lowest BCUT2D eigenvalue weighted by atomic mass is 9.97. The lowest BCUT2D eigenvalue weighted by Crippen LogP contribution is -2.67. The number of ether oxygens (including phenoxy) is 1. The maximum absolute atomic E-state index is 12.3. The van der Waals surface area contributed by atoms with Crippen LogP contribution >= 0.6 is 0 Å². The predicted octanol–water partition coefficient (Wildman–Crippen LogP) is 1.07. The van der Waals surface area contributed by atoms with Crippen LogP contribution in [-0.2, 0) is 14.3 Å². The van der Waals surface area contributed by atoms with Crippen molar-refractivity contribution in [3.8, 4) is 0 Å². The van der Waals surface area contributed by atoms with Crippen LogP contribution in [0.25, 0.3) is 0 Å². The summed E-state index contributed by atoms with van der Waals surface area (Å²) in [6.45, 7) is 6.25. The van der Waals surface area contributed by atoms with Crippen LogP contribution in [0, 0.1) is 0 Å². The summed E-state index contributed by atoms with van der Waals surface area (Å²) in [6.07, 6.45) is 5.06. The Kier molecular flexibility index (Phi) is 4.13. The normalized spacial score (nSPS) is 27.7. The molecule has 1 saturated heterocycles. The fourth-order valence-corrected chi connectivity index (χ4v) is 2.81. The number of amides is 2. The number of hydrogen-bond donors (Lipinski definition) is 1. The van der Waals surface area contributed by atoms with Crippen LogP contribution in [0.3, 0.4) is 0 Å². The van der Waals surface area contributed by atoms with E-state index in [0.29, 0.717) is 19.3 Å². The molecule has 0 aromatic carbocycles. The van der Waals surface area contributed by atoms with E-state index in [0.717, 1.165) is 12.8 Å². The first-order chi connectivity index (χ1) is 8.92. The molecule has 2 fully saturated rings. The van der Waals surface area contributed by atoms with Crippen molar-refractivity contribution in [2.24, 2.45) is 0 Å². The minimum Gasteiger partial charge on any atom is -0.376 e.